The number of amides is 2. The van der Waals surface area contributed by atoms with Crippen LogP contribution in [0.4, 0.5) is 0 Å². The molecule has 8 nitrogen and oxygen atoms in total. The van der Waals surface area contributed by atoms with E-state index in [1.807, 2.05) is 38.1 Å². The van der Waals surface area contributed by atoms with Gasteiger partial charge in [0.05, 0.1) is 11.9 Å². The van der Waals surface area contributed by atoms with Crippen molar-refractivity contribution in [3.05, 3.63) is 48.0 Å². The fourth-order valence-corrected chi connectivity index (χ4v) is 4.36. The average molecular weight is 448 g/mol. The highest BCUT2D eigenvalue weighted by atomic mass is 16.4. The number of hydrogen-bond acceptors (Lipinski definition) is 5. The van der Waals surface area contributed by atoms with Crippen LogP contribution in [-0.2, 0) is 0 Å². The van der Waals surface area contributed by atoms with Gasteiger partial charge in [0, 0.05) is 22.7 Å². The van der Waals surface area contributed by atoms with Crippen LogP contribution in [0, 0.1) is 5.92 Å². The number of nitrogens with zero attached hydrogens (tertiary/aromatic N) is 2. The van der Waals surface area contributed by atoms with E-state index >= 15 is 0 Å². The molecule has 0 radical (unpaired) electrons. The molecule has 2 heterocycles. The van der Waals surface area contributed by atoms with Gasteiger partial charge in [0.15, 0.2) is 0 Å². The summed E-state index contributed by atoms with van der Waals surface area (Å²) in [5, 5.41) is 13.4. The van der Waals surface area contributed by atoms with Crippen LogP contribution in [0.5, 0.6) is 0 Å². The largest absolute Gasteiger partial charge is 0.431 e. The van der Waals surface area contributed by atoms with Crippen molar-refractivity contribution in [2.75, 3.05) is 0 Å². The highest BCUT2D eigenvalue weighted by Gasteiger charge is 2.54. The summed E-state index contributed by atoms with van der Waals surface area (Å²) in [7, 11) is 0. The minimum atomic E-state index is -0.263. The zero-order chi connectivity index (χ0) is 23.0. The van der Waals surface area contributed by atoms with E-state index in [4.69, 9.17) is 4.42 Å². The van der Waals surface area contributed by atoms with Gasteiger partial charge in [-0.25, -0.2) is 4.98 Å². The SMILES string of the molecule is CCC(CC)NC(=O)c1cnc(-c2cccc(-c3cc(C(=O)NC4(C5CC5)CC4)[nH]n3)c2)o1. The number of H-pyrrole nitrogens is 1. The molecule has 2 amide bonds. The minimum absolute atomic E-state index is 0.0193. The molecule has 172 valence electrons. The Morgan fingerprint density at radius 3 is 2.61 bits per heavy atom. The van der Waals surface area contributed by atoms with Crippen LogP contribution in [0.3, 0.4) is 0 Å². The number of carbonyl (C=O) groups excluding carboxylic acids is 2. The van der Waals surface area contributed by atoms with Gasteiger partial charge in [-0.15, -0.1) is 0 Å². The fraction of sp³-hybridized carbons (Fsp3) is 0.440. The number of aromatic nitrogens is 3. The first-order valence-electron chi connectivity index (χ1n) is 11.8. The van der Waals surface area contributed by atoms with Crippen molar-refractivity contribution in [3.8, 4) is 22.7 Å². The third kappa shape index (κ3) is 4.42. The molecule has 3 aromatic rings. The van der Waals surface area contributed by atoms with Crippen molar-refractivity contribution >= 4 is 11.8 Å². The fourth-order valence-electron chi connectivity index (χ4n) is 4.36. The van der Waals surface area contributed by atoms with Crippen molar-refractivity contribution < 1.29 is 14.0 Å². The van der Waals surface area contributed by atoms with E-state index in [9.17, 15) is 9.59 Å². The van der Waals surface area contributed by atoms with Crippen molar-refractivity contribution in [2.24, 2.45) is 5.92 Å². The highest BCUT2D eigenvalue weighted by Crippen LogP contribution is 2.53. The molecule has 3 N–H and O–H groups in total. The molecule has 0 aliphatic heterocycles. The topological polar surface area (TPSA) is 113 Å². The van der Waals surface area contributed by atoms with Crippen LogP contribution in [0.2, 0.25) is 0 Å². The number of oxazole rings is 1. The molecule has 0 spiro atoms. The van der Waals surface area contributed by atoms with Crippen LogP contribution < -0.4 is 10.6 Å². The molecule has 8 heteroatoms. The Morgan fingerprint density at radius 1 is 1.15 bits per heavy atom. The first-order chi connectivity index (χ1) is 16.0. The van der Waals surface area contributed by atoms with E-state index in [0.717, 1.165) is 36.8 Å². The molecule has 0 bridgehead atoms. The Balaban J connectivity index is 1.30. The maximum atomic E-state index is 12.7. The number of aromatic amines is 1. The van der Waals surface area contributed by atoms with Crippen LogP contribution in [0.1, 0.15) is 73.4 Å². The van der Waals surface area contributed by atoms with Gasteiger partial charge in [0.2, 0.25) is 11.7 Å². The standard InChI is InChI=1S/C25H29N5O3/c1-3-18(4-2)27-23(32)21-14-26-24(33-21)16-7-5-6-15(12-16)19-13-20(30-29-19)22(31)28-25(10-11-25)17-8-9-17/h5-7,12-14,17-18H,3-4,8-11H2,1-2H3,(H,27,32)(H,28,31)(H,29,30). The summed E-state index contributed by atoms with van der Waals surface area (Å²) in [6, 6.07) is 9.42. The molecule has 0 unspecified atom stereocenters. The lowest BCUT2D eigenvalue weighted by atomic mass is 10.1. The lowest BCUT2D eigenvalue weighted by Gasteiger charge is -2.15. The van der Waals surface area contributed by atoms with Gasteiger partial charge < -0.3 is 15.1 Å². The van der Waals surface area contributed by atoms with Crippen LogP contribution >= 0.6 is 0 Å². The third-order valence-electron chi connectivity index (χ3n) is 6.79. The number of carbonyl (C=O) groups is 2. The van der Waals surface area contributed by atoms with Crippen LogP contribution in [-0.4, -0.2) is 38.6 Å². The summed E-state index contributed by atoms with van der Waals surface area (Å²) in [5.41, 5.74) is 2.70. The Morgan fingerprint density at radius 2 is 1.91 bits per heavy atom. The molecule has 0 atom stereocenters. The predicted molar refractivity (Wildman–Crippen MR) is 124 cm³/mol. The van der Waals surface area contributed by atoms with Crippen LogP contribution in [0.25, 0.3) is 22.7 Å². The zero-order valence-corrected chi connectivity index (χ0v) is 19.0. The third-order valence-corrected chi connectivity index (χ3v) is 6.79. The van der Waals surface area contributed by atoms with E-state index in [0.29, 0.717) is 23.2 Å². The second kappa shape index (κ2) is 8.50. The van der Waals surface area contributed by atoms with E-state index in [1.165, 1.54) is 19.0 Å². The number of rotatable bonds is 9. The molecule has 2 aromatic heterocycles. The van der Waals surface area contributed by atoms with Gasteiger partial charge in [-0.05, 0) is 62.6 Å². The highest BCUT2D eigenvalue weighted by molar-refractivity contribution is 5.94. The summed E-state index contributed by atoms with van der Waals surface area (Å²) in [4.78, 5) is 29.4. The molecule has 0 saturated heterocycles. The van der Waals surface area contributed by atoms with Crippen molar-refractivity contribution in [1.82, 2.24) is 25.8 Å². The molecule has 2 fully saturated rings. The molecular formula is C25H29N5O3. The maximum Gasteiger partial charge on any atom is 0.288 e. The van der Waals surface area contributed by atoms with Crippen molar-refractivity contribution in [1.29, 1.82) is 0 Å². The first kappa shape index (κ1) is 21.4. The van der Waals surface area contributed by atoms with E-state index in [2.05, 4.69) is 25.8 Å². The van der Waals surface area contributed by atoms with Gasteiger partial charge in [-0.2, -0.15) is 5.10 Å². The molecule has 2 aliphatic carbocycles. The van der Waals surface area contributed by atoms with Gasteiger partial charge in [0.1, 0.15) is 5.69 Å². The summed E-state index contributed by atoms with van der Waals surface area (Å²) in [6.07, 6.45) is 7.73. The molecule has 5 rings (SSSR count). The Bertz CT molecular complexity index is 1170. The first-order valence-corrected chi connectivity index (χ1v) is 11.8. The zero-order valence-electron chi connectivity index (χ0n) is 19.0. The molecule has 2 aliphatic rings. The smallest absolute Gasteiger partial charge is 0.288 e. The summed E-state index contributed by atoms with van der Waals surface area (Å²) < 4.78 is 5.73. The van der Waals surface area contributed by atoms with Gasteiger partial charge in [-0.1, -0.05) is 26.0 Å². The Hall–Kier alpha value is -3.42. The van der Waals surface area contributed by atoms with Crippen molar-refractivity contribution in [2.45, 2.75) is 64.0 Å². The van der Waals surface area contributed by atoms with E-state index < -0.39 is 0 Å². The second-order valence-electron chi connectivity index (χ2n) is 9.15. The maximum absolute atomic E-state index is 12.7. The number of hydrogen-bond donors (Lipinski definition) is 3. The average Bonchev–Trinajstić information content (AvgIpc) is 3.72. The van der Waals surface area contributed by atoms with Gasteiger partial charge in [0.25, 0.3) is 11.8 Å². The lowest BCUT2D eigenvalue weighted by Crippen LogP contribution is -2.38. The number of benzene rings is 1. The summed E-state index contributed by atoms with van der Waals surface area (Å²) in [6.45, 7) is 4.07. The summed E-state index contributed by atoms with van der Waals surface area (Å²) in [5.74, 6) is 0.824. The molecular weight excluding hydrogens is 418 g/mol. The monoisotopic (exact) mass is 447 g/mol. The summed E-state index contributed by atoms with van der Waals surface area (Å²) >= 11 is 0. The van der Waals surface area contributed by atoms with Gasteiger partial charge >= 0.3 is 0 Å². The molecule has 2 saturated carbocycles. The molecule has 1 aromatic carbocycles. The quantitative estimate of drug-likeness (QED) is 0.452. The van der Waals surface area contributed by atoms with Gasteiger partial charge in [-0.3, -0.25) is 14.7 Å². The predicted octanol–water partition coefficient (Wildman–Crippen LogP) is 4.32. The van der Waals surface area contributed by atoms with E-state index in [-0.39, 0.29) is 29.2 Å². The minimum Gasteiger partial charge on any atom is -0.431 e. The van der Waals surface area contributed by atoms with E-state index in [1.54, 1.807) is 6.07 Å². The van der Waals surface area contributed by atoms with Crippen molar-refractivity contribution in [3.63, 3.8) is 0 Å². The normalized spacial score (nSPS) is 16.6. The lowest BCUT2D eigenvalue weighted by molar-refractivity contribution is 0.0903. The Labute approximate surface area is 192 Å². The second-order valence-corrected chi connectivity index (χ2v) is 9.15. The Kier molecular flexibility index (Phi) is 5.52. The van der Waals surface area contributed by atoms with Crippen LogP contribution in [0.15, 0.2) is 40.9 Å². The molecule has 33 heavy (non-hydrogen) atoms. The number of nitrogens with one attached hydrogen (secondary N) is 3.